The first-order valence-electron chi connectivity index (χ1n) is 11.0. The van der Waals surface area contributed by atoms with Gasteiger partial charge >= 0.3 is 0 Å². The van der Waals surface area contributed by atoms with E-state index in [1.165, 1.54) is 0 Å². The number of Topliss-reactive ketones (excluding diaryl/α,β-unsaturated/α-hetero) is 1. The number of anilines is 2. The van der Waals surface area contributed by atoms with Crippen LogP contribution in [0.4, 0.5) is 11.5 Å². The molecule has 0 aliphatic carbocycles. The van der Waals surface area contributed by atoms with Gasteiger partial charge in [-0.05, 0) is 42.9 Å². The summed E-state index contributed by atoms with van der Waals surface area (Å²) in [5.41, 5.74) is 1.87. The number of aromatic nitrogens is 3. The first-order valence-corrected chi connectivity index (χ1v) is 11.0. The molecular weight excluding hydrogens is 374 g/mol. The minimum Gasteiger partial charge on any atom is -0.375 e. The number of nitrogens with one attached hydrogen (secondary N) is 2. The number of carbonyl (C=O) groups is 1. The Bertz CT molecular complexity index is 970. The van der Waals surface area contributed by atoms with Gasteiger partial charge in [0.25, 0.3) is 0 Å². The number of para-hydroxylation sites is 1. The molecule has 0 radical (unpaired) electrons. The number of nitrogens with zero attached hydrogens (tertiary/aromatic N) is 3. The molecule has 1 aliphatic rings. The minimum atomic E-state index is -0.150. The lowest BCUT2D eigenvalue weighted by Crippen LogP contribution is -2.41. The predicted molar refractivity (Wildman–Crippen MR) is 122 cm³/mol. The SMILES string of the molecule is CC[C@@H](C)[C@@H](Nc1ccccc1)C(=O)C[C@@H]1CCCN(c2ncnc3[nH]ccc23)C1. The fourth-order valence-electron chi connectivity index (χ4n) is 4.44. The second-order valence-electron chi connectivity index (χ2n) is 8.44. The maximum Gasteiger partial charge on any atom is 0.155 e. The first-order chi connectivity index (χ1) is 14.7. The lowest BCUT2D eigenvalue weighted by molar-refractivity contribution is -0.121. The van der Waals surface area contributed by atoms with Crippen molar-refractivity contribution >= 4 is 28.3 Å². The van der Waals surface area contributed by atoms with Crippen molar-refractivity contribution in [2.24, 2.45) is 11.8 Å². The molecule has 0 saturated carbocycles. The van der Waals surface area contributed by atoms with E-state index in [9.17, 15) is 4.79 Å². The number of ketones is 1. The Morgan fingerprint density at radius 1 is 1.27 bits per heavy atom. The van der Waals surface area contributed by atoms with E-state index in [4.69, 9.17) is 0 Å². The molecule has 1 fully saturated rings. The Morgan fingerprint density at radius 3 is 2.90 bits per heavy atom. The number of hydrogen-bond acceptors (Lipinski definition) is 5. The van der Waals surface area contributed by atoms with Crippen LogP contribution in [-0.4, -0.2) is 39.9 Å². The number of rotatable bonds is 8. The molecule has 6 nitrogen and oxygen atoms in total. The topological polar surface area (TPSA) is 73.9 Å². The van der Waals surface area contributed by atoms with Gasteiger partial charge < -0.3 is 15.2 Å². The van der Waals surface area contributed by atoms with Gasteiger partial charge in [0.1, 0.15) is 17.8 Å². The second kappa shape index (κ2) is 9.28. The van der Waals surface area contributed by atoms with Crippen LogP contribution in [0.15, 0.2) is 48.9 Å². The van der Waals surface area contributed by atoms with Gasteiger partial charge in [-0.15, -0.1) is 0 Å². The summed E-state index contributed by atoms with van der Waals surface area (Å²) in [4.78, 5) is 27.6. The van der Waals surface area contributed by atoms with Crippen LogP contribution >= 0.6 is 0 Å². The summed E-state index contributed by atoms with van der Waals surface area (Å²) in [6, 6.07) is 11.9. The van der Waals surface area contributed by atoms with Crippen LogP contribution in [0.5, 0.6) is 0 Å². The minimum absolute atomic E-state index is 0.150. The van der Waals surface area contributed by atoms with E-state index in [-0.39, 0.29) is 6.04 Å². The number of H-pyrrole nitrogens is 1. The highest BCUT2D eigenvalue weighted by Gasteiger charge is 2.29. The number of benzene rings is 1. The van der Waals surface area contributed by atoms with E-state index < -0.39 is 0 Å². The van der Waals surface area contributed by atoms with Crippen molar-refractivity contribution in [1.82, 2.24) is 15.0 Å². The van der Waals surface area contributed by atoms with Crippen molar-refractivity contribution in [3.05, 3.63) is 48.9 Å². The average molecular weight is 406 g/mol. The van der Waals surface area contributed by atoms with E-state index in [1.54, 1.807) is 6.33 Å². The molecule has 1 aromatic carbocycles. The second-order valence-corrected chi connectivity index (χ2v) is 8.44. The molecule has 4 rings (SSSR count). The third kappa shape index (κ3) is 4.48. The van der Waals surface area contributed by atoms with Gasteiger partial charge in [-0.1, -0.05) is 38.5 Å². The Morgan fingerprint density at radius 2 is 2.10 bits per heavy atom. The van der Waals surface area contributed by atoms with Crippen LogP contribution in [0.2, 0.25) is 0 Å². The average Bonchev–Trinajstić information content (AvgIpc) is 3.27. The first kappa shape index (κ1) is 20.4. The van der Waals surface area contributed by atoms with Gasteiger partial charge in [0.2, 0.25) is 0 Å². The third-order valence-electron chi connectivity index (χ3n) is 6.30. The van der Waals surface area contributed by atoms with Crippen LogP contribution in [0.25, 0.3) is 11.0 Å². The standard InChI is InChI=1S/C24H31N5O/c1-3-17(2)22(28-19-9-5-4-6-10-19)21(30)14-18-8-7-13-29(15-18)24-20-11-12-25-23(20)26-16-27-24/h4-6,9-12,16-18,22,28H,3,7-8,13-15H2,1-2H3,(H,25,26,27)/t17-,18+,22-/m1/s1. The summed E-state index contributed by atoms with van der Waals surface area (Å²) in [5.74, 6) is 1.92. The quantitative estimate of drug-likeness (QED) is 0.570. The van der Waals surface area contributed by atoms with E-state index >= 15 is 0 Å². The summed E-state index contributed by atoms with van der Waals surface area (Å²) in [5, 5.41) is 4.54. The summed E-state index contributed by atoms with van der Waals surface area (Å²) in [6.07, 6.45) is 7.26. The molecule has 2 aromatic heterocycles. The van der Waals surface area contributed by atoms with E-state index in [0.29, 0.717) is 24.0 Å². The molecule has 30 heavy (non-hydrogen) atoms. The van der Waals surface area contributed by atoms with Gasteiger partial charge in [0, 0.05) is 31.4 Å². The molecular formula is C24H31N5O. The Labute approximate surface area is 178 Å². The van der Waals surface area contributed by atoms with Crippen molar-refractivity contribution in [3.63, 3.8) is 0 Å². The van der Waals surface area contributed by atoms with E-state index in [2.05, 4.69) is 39.0 Å². The molecule has 6 heteroatoms. The van der Waals surface area contributed by atoms with Crippen LogP contribution < -0.4 is 10.2 Å². The van der Waals surface area contributed by atoms with Gasteiger partial charge in [0.15, 0.2) is 5.78 Å². The number of piperidine rings is 1. The van der Waals surface area contributed by atoms with Gasteiger partial charge in [0.05, 0.1) is 11.4 Å². The maximum atomic E-state index is 13.3. The Kier molecular flexibility index (Phi) is 6.31. The molecule has 0 spiro atoms. The fraction of sp³-hybridized carbons (Fsp3) is 0.458. The molecule has 3 heterocycles. The molecule has 1 saturated heterocycles. The van der Waals surface area contributed by atoms with Crippen molar-refractivity contribution in [3.8, 4) is 0 Å². The van der Waals surface area contributed by atoms with Crippen LogP contribution in [0, 0.1) is 11.8 Å². The zero-order valence-corrected chi connectivity index (χ0v) is 17.8. The number of hydrogen-bond donors (Lipinski definition) is 2. The maximum absolute atomic E-state index is 13.3. The molecule has 2 N–H and O–H groups in total. The number of aromatic amines is 1. The molecule has 1 aliphatic heterocycles. The molecule has 3 atom stereocenters. The zero-order chi connectivity index (χ0) is 20.9. The normalized spacial score (nSPS) is 18.9. The number of fused-ring (bicyclic) bond motifs is 1. The van der Waals surface area contributed by atoms with E-state index in [0.717, 1.165) is 54.9 Å². The molecule has 158 valence electrons. The van der Waals surface area contributed by atoms with Crippen molar-refractivity contribution in [1.29, 1.82) is 0 Å². The predicted octanol–water partition coefficient (Wildman–Crippen LogP) is 4.66. The highest BCUT2D eigenvalue weighted by molar-refractivity contribution is 5.88. The lowest BCUT2D eigenvalue weighted by atomic mass is 9.86. The monoisotopic (exact) mass is 405 g/mol. The van der Waals surface area contributed by atoms with Gasteiger partial charge in [-0.25, -0.2) is 9.97 Å². The summed E-state index contributed by atoms with van der Waals surface area (Å²) >= 11 is 0. The van der Waals surface area contributed by atoms with Crippen molar-refractivity contribution < 1.29 is 4.79 Å². The summed E-state index contributed by atoms with van der Waals surface area (Å²) in [7, 11) is 0. The van der Waals surface area contributed by atoms with Gasteiger partial charge in [-0.2, -0.15) is 0 Å². The fourth-order valence-corrected chi connectivity index (χ4v) is 4.44. The highest BCUT2D eigenvalue weighted by atomic mass is 16.1. The number of carbonyl (C=O) groups excluding carboxylic acids is 1. The largest absolute Gasteiger partial charge is 0.375 e. The van der Waals surface area contributed by atoms with Crippen molar-refractivity contribution in [2.45, 2.75) is 45.6 Å². The van der Waals surface area contributed by atoms with Gasteiger partial charge in [-0.3, -0.25) is 4.79 Å². The smallest absolute Gasteiger partial charge is 0.155 e. The summed E-state index contributed by atoms with van der Waals surface area (Å²) < 4.78 is 0. The molecule has 0 unspecified atom stereocenters. The molecule has 0 bridgehead atoms. The lowest BCUT2D eigenvalue weighted by Gasteiger charge is -2.34. The summed E-state index contributed by atoms with van der Waals surface area (Å²) in [6.45, 7) is 6.15. The van der Waals surface area contributed by atoms with Crippen LogP contribution in [0.1, 0.15) is 39.5 Å². The molecule has 3 aromatic rings. The van der Waals surface area contributed by atoms with E-state index in [1.807, 2.05) is 42.6 Å². The third-order valence-corrected chi connectivity index (χ3v) is 6.30. The van der Waals surface area contributed by atoms with Crippen molar-refractivity contribution in [2.75, 3.05) is 23.3 Å². The Balaban J connectivity index is 1.45. The zero-order valence-electron chi connectivity index (χ0n) is 17.8. The molecule has 0 amide bonds. The Hall–Kier alpha value is -2.89. The van der Waals surface area contributed by atoms with Crippen LogP contribution in [-0.2, 0) is 4.79 Å². The highest BCUT2D eigenvalue weighted by Crippen LogP contribution is 2.29. The van der Waals surface area contributed by atoms with Crippen LogP contribution in [0.3, 0.4) is 0 Å².